The summed E-state index contributed by atoms with van der Waals surface area (Å²) in [5, 5.41) is 10.4. The summed E-state index contributed by atoms with van der Waals surface area (Å²) in [5.74, 6) is 0.669. The lowest BCUT2D eigenvalue weighted by molar-refractivity contribution is 0.303. The highest BCUT2D eigenvalue weighted by Crippen LogP contribution is 2.36. The fraction of sp³-hybridized carbons (Fsp3) is 0.0455. The van der Waals surface area contributed by atoms with Crippen molar-refractivity contribution < 1.29 is 4.74 Å². The predicted molar refractivity (Wildman–Crippen MR) is 125 cm³/mol. The lowest BCUT2D eigenvalue weighted by Gasteiger charge is -2.13. The number of hydrogen-bond acceptors (Lipinski definition) is 2. The normalized spacial score (nSPS) is 11.2. The smallest absolute Gasteiger partial charge is 0.141 e. The summed E-state index contributed by atoms with van der Waals surface area (Å²) in [7, 11) is 0. The zero-order valence-electron chi connectivity index (χ0n) is 14.4. The highest BCUT2D eigenvalue weighted by molar-refractivity contribution is 9.11. The van der Waals surface area contributed by atoms with E-state index in [1.54, 1.807) is 0 Å². The van der Waals surface area contributed by atoms with Gasteiger partial charge in [0.15, 0.2) is 0 Å². The van der Waals surface area contributed by atoms with Crippen molar-refractivity contribution in [3.05, 3.63) is 95.8 Å². The number of allylic oxidation sites excluding steroid dienone is 1. The summed E-state index contributed by atoms with van der Waals surface area (Å²) in [5.41, 5.74) is 3.19. The van der Waals surface area contributed by atoms with Crippen LogP contribution in [0.5, 0.6) is 5.75 Å². The van der Waals surface area contributed by atoms with Gasteiger partial charge in [0.2, 0.25) is 0 Å². The molecule has 0 saturated carbocycles. The SMILES string of the molecule is N#C/C(=C\c1cc(Br)cc(Br)c1OCc1ccc(Cl)cc1)c1ccc(Br)cc1. The predicted octanol–water partition coefficient (Wildman–Crippen LogP) is 8.27. The maximum Gasteiger partial charge on any atom is 0.141 e. The molecule has 3 aromatic rings. The van der Waals surface area contributed by atoms with E-state index < -0.39 is 0 Å². The highest BCUT2D eigenvalue weighted by Gasteiger charge is 2.11. The van der Waals surface area contributed by atoms with Crippen LogP contribution in [-0.2, 0) is 6.61 Å². The molecule has 0 aliphatic rings. The third-order valence-corrected chi connectivity index (χ3v) is 5.74. The Labute approximate surface area is 194 Å². The summed E-state index contributed by atoms with van der Waals surface area (Å²) >= 11 is 16.4. The third-order valence-electron chi connectivity index (χ3n) is 3.91. The van der Waals surface area contributed by atoms with Crippen LogP contribution in [0.4, 0.5) is 0 Å². The maximum absolute atomic E-state index is 9.67. The Morgan fingerprint density at radius 1 is 0.964 bits per heavy atom. The second-order valence-electron chi connectivity index (χ2n) is 5.90. The van der Waals surface area contributed by atoms with Crippen molar-refractivity contribution in [1.82, 2.24) is 0 Å². The molecule has 0 saturated heterocycles. The Kier molecular flexibility index (Phi) is 7.36. The van der Waals surface area contributed by atoms with Gasteiger partial charge in [-0.3, -0.25) is 0 Å². The molecule has 0 spiro atoms. The minimum atomic E-state index is 0.387. The van der Waals surface area contributed by atoms with Gasteiger partial charge in [-0.1, -0.05) is 67.7 Å². The van der Waals surface area contributed by atoms with Gasteiger partial charge in [0.05, 0.1) is 16.1 Å². The van der Waals surface area contributed by atoms with E-state index in [0.717, 1.165) is 30.1 Å². The largest absolute Gasteiger partial charge is 0.487 e. The minimum absolute atomic E-state index is 0.387. The fourth-order valence-electron chi connectivity index (χ4n) is 2.54. The Balaban J connectivity index is 1.96. The molecular formula is C22H13Br3ClNO. The molecule has 0 N–H and O–H groups in total. The first-order chi connectivity index (χ1) is 13.5. The molecule has 28 heavy (non-hydrogen) atoms. The molecule has 0 atom stereocenters. The number of rotatable bonds is 5. The van der Waals surface area contributed by atoms with Crippen LogP contribution in [0.1, 0.15) is 16.7 Å². The Hall–Kier alpha value is -1.58. The molecule has 2 nitrogen and oxygen atoms in total. The van der Waals surface area contributed by atoms with E-state index >= 15 is 0 Å². The molecule has 0 heterocycles. The quantitative estimate of drug-likeness (QED) is 0.224. The molecule has 0 aromatic heterocycles. The first-order valence-electron chi connectivity index (χ1n) is 8.20. The molecule has 0 unspecified atom stereocenters. The van der Waals surface area contributed by atoms with Gasteiger partial charge in [-0.2, -0.15) is 5.26 Å². The van der Waals surface area contributed by atoms with Crippen LogP contribution in [0.15, 0.2) is 74.1 Å². The minimum Gasteiger partial charge on any atom is -0.487 e. The van der Waals surface area contributed by atoms with E-state index in [0.29, 0.717) is 23.0 Å². The van der Waals surface area contributed by atoms with Crippen molar-refractivity contribution in [2.75, 3.05) is 0 Å². The first-order valence-corrected chi connectivity index (χ1v) is 11.0. The van der Waals surface area contributed by atoms with Crippen molar-refractivity contribution >= 4 is 71.0 Å². The molecule has 0 bridgehead atoms. The zero-order valence-corrected chi connectivity index (χ0v) is 19.9. The van der Waals surface area contributed by atoms with Crippen LogP contribution in [0.25, 0.3) is 11.6 Å². The topological polar surface area (TPSA) is 33.0 Å². The van der Waals surface area contributed by atoms with Crippen molar-refractivity contribution in [1.29, 1.82) is 5.26 Å². The van der Waals surface area contributed by atoms with Crippen LogP contribution in [0.2, 0.25) is 5.02 Å². The van der Waals surface area contributed by atoms with Crippen LogP contribution in [0.3, 0.4) is 0 Å². The Morgan fingerprint density at radius 2 is 1.64 bits per heavy atom. The monoisotopic (exact) mass is 579 g/mol. The van der Waals surface area contributed by atoms with Gasteiger partial charge in [0.1, 0.15) is 12.4 Å². The summed E-state index contributed by atoms with van der Waals surface area (Å²) < 4.78 is 8.73. The van der Waals surface area contributed by atoms with E-state index in [4.69, 9.17) is 16.3 Å². The molecule has 0 fully saturated rings. The molecule has 0 aliphatic heterocycles. The fourth-order valence-corrected chi connectivity index (χ4v) is 4.30. The summed E-state index contributed by atoms with van der Waals surface area (Å²) in [6.07, 6.45) is 1.83. The van der Waals surface area contributed by atoms with Crippen molar-refractivity contribution in [3.8, 4) is 11.8 Å². The van der Waals surface area contributed by atoms with Gasteiger partial charge >= 0.3 is 0 Å². The Morgan fingerprint density at radius 3 is 2.29 bits per heavy atom. The van der Waals surface area contributed by atoms with Crippen LogP contribution in [0, 0.1) is 11.3 Å². The van der Waals surface area contributed by atoms with Gasteiger partial charge < -0.3 is 4.74 Å². The zero-order chi connectivity index (χ0) is 20.1. The van der Waals surface area contributed by atoms with Gasteiger partial charge in [0, 0.05) is 19.5 Å². The van der Waals surface area contributed by atoms with Gasteiger partial charge in [-0.05, 0) is 69.5 Å². The van der Waals surface area contributed by atoms with E-state index in [1.165, 1.54) is 0 Å². The van der Waals surface area contributed by atoms with E-state index in [1.807, 2.05) is 66.7 Å². The number of benzene rings is 3. The number of nitriles is 1. The molecular weight excluding hydrogens is 569 g/mol. The molecule has 3 rings (SSSR count). The first kappa shape index (κ1) is 21.1. The van der Waals surface area contributed by atoms with Crippen LogP contribution < -0.4 is 4.74 Å². The average Bonchev–Trinajstić information content (AvgIpc) is 2.67. The molecule has 0 amide bonds. The molecule has 3 aromatic carbocycles. The van der Waals surface area contributed by atoms with Crippen molar-refractivity contribution in [2.45, 2.75) is 6.61 Å². The number of ether oxygens (including phenoxy) is 1. The number of hydrogen-bond donors (Lipinski definition) is 0. The lowest BCUT2D eigenvalue weighted by atomic mass is 10.0. The van der Waals surface area contributed by atoms with E-state index in [2.05, 4.69) is 53.9 Å². The van der Waals surface area contributed by atoms with Gasteiger partial charge in [-0.25, -0.2) is 0 Å². The lowest BCUT2D eigenvalue weighted by Crippen LogP contribution is -1.98. The second-order valence-corrected chi connectivity index (χ2v) is 9.02. The molecule has 140 valence electrons. The van der Waals surface area contributed by atoms with Crippen molar-refractivity contribution in [2.24, 2.45) is 0 Å². The standard InChI is InChI=1S/C22H13Br3ClNO/c23-18-5-3-15(4-6-18)17(12-27)9-16-10-19(24)11-21(25)22(16)28-13-14-1-7-20(26)8-2-14/h1-11H,13H2/b17-9+. The van der Waals surface area contributed by atoms with Crippen LogP contribution >= 0.6 is 59.4 Å². The van der Waals surface area contributed by atoms with Crippen molar-refractivity contribution in [3.63, 3.8) is 0 Å². The second kappa shape index (κ2) is 9.76. The van der Waals surface area contributed by atoms with E-state index in [-0.39, 0.29) is 0 Å². The Bertz CT molecular complexity index is 1050. The number of nitrogens with zero attached hydrogens (tertiary/aromatic N) is 1. The summed E-state index contributed by atoms with van der Waals surface area (Å²) in [6, 6.07) is 21.3. The summed E-state index contributed by atoms with van der Waals surface area (Å²) in [6.45, 7) is 0.387. The van der Waals surface area contributed by atoms with Gasteiger partial charge in [-0.15, -0.1) is 0 Å². The molecule has 0 radical (unpaired) electrons. The van der Waals surface area contributed by atoms with Crippen LogP contribution in [-0.4, -0.2) is 0 Å². The number of halogens is 4. The molecule has 6 heteroatoms. The van der Waals surface area contributed by atoms with Gasteiger partial charge in [0.25, 0.3) is 0 Å². The average molecular weight is 583 g/mol. The summed E-state index contributed by atoms with van der Waals surface area (Å²) in [4.78, 5) is 0. The van der Waals surface area contributed by atoms with E-state index in [9.17, 15) is 5.26 Å². The molecule has 0 aliphatic carbocycles. The highest BCUT2D eigenvalue weighted by atomic mass is 79.9. The maximum atomic E-state index is 9.67. The third kappa shape index (κ3) is 5.48.